The second-order valence-corrected chi connectivity index (χ2v) is 3.01. The molecule has 0 bridgehead atoms. The van der Waals surface area contributed by atoms with Crippen molar-refractivity contribution in [3.05, 3.63) is 24.0 Å². The maximum absolute atomic E-state index is 5.56. The number of pyridine rings is 1. The van der Waals surface area contributed by atoms with Crippen molar-refractivity contribution in [1.82, 2.24) is 9.55 Å². The second kappa shape index (κ2) is 2.24. The summed E-state index contributed by atoms with van der Waals surface area (Å²) in [5.41, 5.74) is 7.91. The Bertz CT molecular complexity index is 429. The van der Waals surface area contributed by atoms with Gasteiger partial charge in [-0.25, -0.2) is 4.98 Å². The molecule has 0 fully saturated rings. The number of hydrogen-bond acceptors (Lipinski definition) is 2. The maximum Gasteiger partial charge on any atom is 0.124 e. The maximum atomic E-state index is 5.56. The van der Waals surface area contributed by atoms with Gasteiger partial charge in [-0.1, -0.05) is 0 Å². The van der Waals surface area contributed by atoms with E-state index in [0.717, 1.165) is 10.9 Å². The number of aryl methyl sites for hydroxylation is 2. The smallest absolute Gasteiger partial charge is 0.124 e. The van der Waals surface area contributed by atoms with E-state index in [1.165, 1.54) is 5.69 Å². The van der Waals surface area contributed by atoms with Crippen LogP contribution in [0.25, 0.3) is 10.9 Å². The summed E-state index contributed by atoms with van der Waals surface area (Å²) in [6.07, 6.45) is 1.80. The lowest BCUT2D eigenvalue weighted by Gasteiger charge is -1.97. The summed E-state index contributed by atoms with van der Waals surface area (Å²) in [7, 11) is 2.02. The van der Waals surface area contributed by atoms with E-state index in [1.54, 1.807) is 6.20 Å². The number of nitrogens with two attached hydrogens (primary N) is 1. The molecule has 3 nitrogen and oxygen atoms in total. The van der Waals surface area contributed by atoms with Crippen LogP contribution >= 0.6 is 0 Å². The molecule has 2 heterocycles. The zero-order chi connectivity index (χ0) is 8.72. The molecule has 2 N–H and O–H groups in total. The first-order chi connectivity index (χ1) is 5.68. The van der Waals surface area contributed by atoms with Crippen molar-refractivity contribution in [3.8, 4) is 0 Å². The molecule has 2 rings (SSSR count). The first kappa shape index (κ1) is 7.16. The highest BCUT2D eigenvalue weighted by Gasteiger charge is 2.01. The van der Waals surface area contributed by atoms with Gasteiger partial charge in [0.1, 0.15) is 5.82 Å². The van der Waals surface area contributed by atoms with E-state index in [9.17, 15) is 0 Å². The van der Waals surface area contributed by atoms with Gasteiger partial charge in [-0.3, -0.25) is 0 Å². The monoisotopic (exact) mass is 161 g/mol. The molecule has 62 valence electrons. The molecule has 0 saturated carbocycles. The first-order valence-electron chi connectivity index (χ1n) is 3.86. The van der Waals surface area contributed by atoms with Crippen LogP contribution in [0.3, 0.4) is 0 Å². The average molecular weight is 161 g/mol. The molecule has 0 aliphatic rings. The van der Waals surface area contributed by atoms with Crippen molar-refractivity contribution in [3.63, 3.8) is 0 Å². The molecule has 0 aliphatic carbocycles. The average Bonchev–Trinajstić information content (AvgIpc) is 2.28. The van der Waals surface area contributed by atoms with Crippen LogP contribution in [-0.2, 0) is 7.05 Å². The lowest BCUT2D eigenvalue weighted by Crippen LogP contribution is -1.92. The Morgan fingerprint density at radius 3 is 2.92 bits per heavy atom. The van der Waals surface area contributed by atoms with Gasteiger partial charge in [0.2, 0.25) is 0 Å². The third-order valence-corrected chi connectivity index (χ3v) is 2.19. The lowest BCUT2D eigenvalue weighted by atomic mass is 10.3. The predicted octanol–water partition coefficient (Wildman–Crippen LogP) is 1.46. The summed E-state index contributed by atoms with van der Waals surface area (Å²) >= 11 is 0. The zero-order valence-corrected chi connectivity index (χ0v) is 7.20. The molecule has 0 radical (unpaired) electrons. The number of aromatic nitrogens is 2. The van der Waals surface area contributed by atoms with Crippen LogP contribution < -0.4 is 5.73 Å². The van der Waals surface area contributed by atoms with Crippen molar-refractivity contribution >= 4 is 16.7 Å². The normalized spacial score (nSPS) is 10.8. The largest absolute Gasteiger partial charge is 0.384 e. The van der Waals surface area contributed by atoms with Crippen molar-refractivity contribution in [2.75, 3.05) is 5.73 Å². The van der Waals surface area contributed by atoms with Gasteiger partial charge in [-0.15, -0.1) is 0 Å². The Hall–Kier alpha value is -1.51. The molecule has 0 spiro atoms. The van der Waals surface area contributed by atoms with Gasteiger partial charge in [0.25, 0.3) is 0 Å². The highest BCUT2D eigenvalue weighted by atomic mass is 15.0. The van der Waals surface area contributed by atoms with Crippen LogP contribution in [0.1, 0.15) is 5.69 Å². The van der Waals surface area contributed by atoms with E-state index in [-0.39, 0.29) is 0 Å². The third kappa shape index (κ3) is 0.863. The molecular weight excluding hydrogens is 150 g/mol. The fourth-order valence-corrected chi connectivity index (χ4v) is 1.39. The molecule has 0 unspecified atom stereocenters. The Kier molecular flexibility index (Phi) is 1.33. The minimum Gasteiger partial charge on any atom is -0.384 e. The standard InChI is InChI=1S/C9H11N3/c1-6-3-7-4-9(10)11-5-8(7)12(6)2/h3-5H,1-2H3,(H2,10,11). The fourth-order valence-electron chi connectivity index (χ4n) is 1.39. The molecule has 0 aromatic carbocycles. The van der Waals surface area contributed by atoms with Crippen LogP contribution in [0.2, 0.25) is 0 Å². The quantitative estimate of drug-likeness (QED) is 0.635. The Labute approximate surface area is 70.8 Å². The molecule has 2 aromatic heterocycles. The van der Waals surface area contributed by atoms with Crippen LogP contribution in [0.15, 0.2) is 18.3 Å². The van der Waals surface area contributed by atoms with Crippen molar-refractivity contribution in [2.45, 2.75) is 6.92 Å². The van der Waals surface area contributed by atoms with Crippen LogP contribution in [0, 0.1) is 6.92 Å². The Morgan fingerprint density at radius 1 is 1.42 bits per heavy atom. The topological polar surface area (TPSA) is 43.8 Å². The van der Waals surface area contributed by atoms with Crippen molar-refractivity contribution in [1.29, 1.82) is 0 Å². The molecule has 0 saturated heterocycles. The van der Waals surface area contributed by atoms with Gasteiger partial charge in [-0.05, 0) is 19.1 Å². The van der Waals surface area contributed by atoms with Gasteiger partial charge in [-0.2, -0.15) is 0 Å². The van der Waals surface area contributed by atoms with Gasteiger partial charge >= 0.3 is 0 Å². The lowest BCUT2D eigenvalue weighted by molar-refractivity contribution is 0.915. The predicted molar refractivity (Wildman–Crippen MR) is 49.9 cm³/mol. The van der Waals surface area contributed by atoms with E-state index in [2.05, 4.69) is 22.5 Å². The van der Waals surface area contributed by atoms with Crippen LogP contribution in [-0.4, -0.2) is 9.55 Å². The Morgan fingerprint density at radius 2 is 2.17 bits per heavy atom. The summed E-state index contributed by atoms with van der Waals surface area (Å²) in [5, 5.41) is 1.16. The number of rotatable bonds is 0. The molecule has 3 heteroatoms. The van der Waals surface area contributed by atoms with Gasteiger partial charge in [0.05, 0.1) is 11.7 Å². The van der Waals surface area contributed by atoms with E-state index < -0.39 is 0 Å². The van der Waals surface area contributed by atoms with Crippen molar-refractivity contribution < 1.29 is 0 Å². The highest BCUT2D eigenvalue weighted by molar-refractivity contribution is 5.82. The summed E-state index contributed by atoms with van der Waals surface area (Å²) < 4.78 is 2.10. The Balaban J connectivity index is 2.87. The number of anilines is 1. The number of nitrogens with zero attached hydrogens (tertiary/aromatic N) is 2. The molecule has 0 atom stereocenters. The molecule has 12 heavy (non-hydrogen) atoms. The van der Waals surface area contributed by atoms with Crippen LogP contribution in [0.4, 0.5) is 5.82 Å². The minimum absolute atomic E-state index is 0.577. The summed E-state index contributed by atoms with van der Waals surface area (Å²) in [6, 6.07) is 4.00. The van der Waals surface area contributed by atoms with Gasteiger partial charge < -0.3 is 10.3 Å². The highest BCUT2D eigenvalue weighted by Crippen LogP contribution is 2.18. The summed E-state index contributed by atoms with van der Waals surface area (Å²) in [6.45, 7) is 2.07. The number of nitrogen functional groups attached to an aromatic ring is 1. The summed E-state index contributed by atoms with van der Waals surface area (Å²) in [5.74, 6) is 0.577. The van der Waals surface area contributed by atoms with E-state index in [1.807, 2.05) is 13.1 Å². The minimum atomic E-state index is 0.577. The van der Waals surface area contributed by atoms with E-state index in [4.69, 9.17) is 5.73 Å². The van der Waals surface area contributed by atoms with Crippen LogP contribution in [0.5, 0.6) is 0 Å². The van der Waals surface area contributed by atoms with Gasteiger partial charge in [0, 0.05) is 18.1 Å². The van der Waals surface area contributed by atoms with Gasteiger partial charge in [0.15, 0.2) is 0 Å². The molecular formula is C9H11N3. The number of hydrogen-bond donors (Lipinski definition) is 1. The van der Waals surface area contributed by atoms with Crippen molar-refractivity contribution in [2.24, 2.45) is 7.05 Å². The second-order valence-electron chi connectivity index (χ2n) is 3.01. The first-order valence-corrected chi connectivity index (χ1v) is 3.86. The summed E-state index contributed by atoms with van der Waals surface area (Å²) in [4.78, 5) is 4.04. The fraction of sp³-hybridized carbons (Fsp3) is 0.222. The van der Waals surface area contributed by atoms with E-state index in [0.29, 0.717) is 5.82 Å². The molecule has 0 amide bonds. The SMILES string of the molecule is Cc1cc2cc(N)ncc2n1C. The third-order valence-electron chi connectivity index (χ3n) is 2.19. The zero-order valence-electron chi connectivity index (χ0n) is 7.20. The van der Waals surface area contributed by atoms with E-state index >= 15 is 0 Å². The molecule has 0 aliphatic heterocycles. The molecule has 2 aromatic rings. The number of fused-ring (bicyclic) bond motifs is 1.